The number of nitrogens with two attached hydrogens (primary N) is 1. The Balaban J connectivity index is 1.21. The van der Waals surface area contributed by atoms with E-state index < -0.39 is 23.4 Å². The minimum atomic E-state index is -1.14. The molecule has 2 aromatic carbocycles. The Kier molecular flexibility index (Phi) is 13.0. The lowest BCUT2D eigenvalue weighted by Gasteiger charge is -2.36. The zero-order valence-electron chi connectivity index (χ0n) is 30.7. The second-order valence-corrected chi connectivity index (χ2v) is 13.8. The minimum Gasteiger partial charge on any atom is -0.383 e. The molecule has 4 aromatic rings. The van der Waals surface area contributed by atoms with Crippen molar-refractivity contribution < 1.29 is 28.0 Å². The standard InChI is InChI=1S/C38H44ClF2N9O4/c1-5-23(13-15-47(2)3)37(53)49-16-18-50(19-17-49)38(54)26-8-6-24(20-29(26)39)46-36(52)35-45-22-31(48(35)4)28-10-9-27(33(40)34(28)41)30-11-7-25(21-44-30)43-14-12-32(42)51/h6-11,20-23,43H,5,12-19H2,1-4H3,(H2,42,51)(H,46,52). The van der Waals surface area contributed by atoms with E-state index in [1.54, 1.807) is 17.0 Å². The van der Waals surface area contributed by atoms with Crippen molar-refractivity contribution in [1.82, 2.24) is 29.2 Å². The maximum atomic E-state index is 15.5. The summed E-state index contributed by atoms with van der Waals surface area (Å²) in [7, 11) is 5.47. The summed E-state index contributed by atoms with van der Waals surface area (Å²) >= 11 is 6.53. The minimum absolute atomic E-state index is 0.0560. The molecule has 0 saturated carbocycles. The fourth-order valence-electron chi connectivity index (χ4n) is 6.23. The summed E-state index contributed by atoms with van der Waals surface area (Å²) < 4.78 is 32.2. The lowest BCUT2D eigenvalue weighted by atomic mass is 10.00. The highest BCUT2D eigenvalue weighted by atomic mass is 35.5. The molecular weight excluding hydrogens is 720 g/mol. The Labute approximate surface area is 317 Å². The molecule has 1 aliphatic heterocycles. The van der Waals surface area contributed by atoms with Crippen LogP contribution in [0.3, 0.4) is 0 Å². The van der Waals surface area contributed by atoms with Gasteiger partial charge in [0.05, 0.1) is 40.1 Å². The predicted octanol–water partition coefficient (Wildman–Crippen LogP) is 4.88. The molecule has 54 heavy (non-hydrogen) atoms. The fourth-order valence-corrected chi connectivity index (χ4v) is 6.49. The van der Waals surface area contributed by atoms with Crippen LogP contribution in [0.4, 0.5) is 20.2 Å². The molecule has 1 aliphatic rings. The number of nitrogens with zero attached hydrogens (tertiary/aromatic N) is 6. The van der Waals surface area contributed by atoms with E-state index in [0.29, 0.717) is 44.1 Å². The summed E-state index contributed by atoms with van der Waals surface area (Å²) in [5.74, 6) is -3.65. The van der Waals surface area contributed by atoms with Gasteiger partial charge < -0.3 is 35.6 Å². The number of anilines is 2. The van der Waals surface area contributed by atoms with Crippen LogP contribution in [0.2, 0.25) is 5.02 Å². The summed E-state index contributed by atoms with van der Waals surface area (Å²) in [5, 5.41) is 5.80. The number of piperazine rings is 1. The highest BCUT2D eigenvalue weighted by molar-refractivity contribution is 6.34. The third-order valence-corrected chi connectivity index (χ3v) is 9.70. The fraction of sp³-hybridized carbons (Fsp3) is 0.368. The third kappa shape index (κ3) is 9.20. The number of carbonyl (C=O) groups is 4. The molecule has 13 nitrogen and oxygen atoms in total. The number of aromatic nitrogens is 3. The first-order chi connectivity index (χ1) is 25.8. The molecule has 1 atom stereocenters. The van der Waals surface area contributed by atoms with E-state index in [1.165, 1.54) is 54.3 Å². The van der Waals surface area contributed by atoms with Gasteiger partial charge in [-0.25, -0.2) is 13.8 Å². The molecule has 2 aromatic heterocycles. The van der Waals surface area contributed by atoms with Gasteiger partial charge in [0.25, 0.3) is 11.8 Å². The van der Waals surface area contributed by atoms with Crippen LogP contribution in [0.25, 0.3) is 22.5 Å². The average Bonchev–Trinajstić information content (AvgIpc) is 3.53. The van der Waals surface area contributed by atoms with Crippen molar-refractivity contribution in [2.24, 2.45) is 18.7 Å². The van der Waals surface area contributed by atoms with Gasteiger partial charge in [-0.05, 0) is 75.9 Å². The van der Waals surface area contributed by atoms with Gasteiger partial charge in [-0.15, -0.1) is 0 Å². The van der Waals surface area contributed by atoms with Crippen LogP contribution in [0.15, 0.2) is 54.9 Å². The van der Waals surface area contributed by atoms with Crippen LogP contribution in [0, 0.1) is 17.6 Å². The number of rotatable bonds is 14. The summed E-state index contributed by atoms with van der Waals surface area (Å²) in [6.45, 7) is 4.77. The van der Waals surface area contributed by atoms with Crippen molar-refractivity contribution in [1.29, 1.82) is 0 Å². The van der Waals surface area contributed by atoms with Crippen LogP contribution in [-0.2, 0) is 16.6 Å². The number of amides is 4. The lowest BCUT2D eigenvalue weighted by molar-refractivity contribution is -0.137. The predicted molar refractivity (Wildman–Crippen MR) is 203 cm³/mol. The Bertz CT molecular complexity index is 2010. The van der Waals surface area contributed by atoms with Gasteiger partial charge in [0.2, 0.25) is 11.8 Å². The number of hydrogen-bond acceptors (Lipinski definition) is 8. The van der Waals surface area contributed by atoms with Crippen LogP contribution in [0.1, 0.15) is 47.2 Å². The van der Waals surface area contributed by atoms with Crippen LogP contribution in [0.5, 0.6) is 0 Å². The van der Waals surface area contributed by atoms with E-state index in [2.05, 4.69) is 25.5 Å². The normalized spacial score (nSPS) is 13.6. The van der Waals surface area contributed by atoms with Gasteiger partial charge in [0, 0.05) is 68.9 Å². The number of halogens is 3. The number of carbonyl (C=O) groups excluding carboxylic acids is 4. The lowest BCUT2D eigenvalue weighted by Crippen LogP contribution is -2.52. The van der Waals surface area contributed by atoms with E-state index in [-0.39, 0.29) is 63.1 Å². The second-order valence-electron chi connectivity index (χ2n) is 13.4. The number of pyridine rings is 1. The van der Waals surface area contributed by atoms with Gasteiger partial charge in [-0.3, -0.25) is 24.2 Å². The molecule has 4 amide bonds. The molecule has 0 radical (unpaired) electrons. The number of primary amides is 1. The molecule has 0 bridgehead atoms. The van der Waals surface area contributed by atoms with Crippen LogP contribution >= 0.6 is 11.6 Å². The van der Waals surface area contributed by atoms with Crippen molar-refractivity contribution in [3.05, 3.63) is 82.9 Å². The van der Waals surface area contributed by atoms with E-state index in [4.69, 9.17) is 17.3 Å². The maximum Gasteiger partial charge on any atom is 0.291 e. The molecule has 1 saturated heterocycles. The molecular formula is C38H44ClF2N9O4. The van der Waals surface area contributed by atoms with E-state index in [9.17, 15) is 19.2 Å². The van der Waals surface area contributed by atoms with Crippen molar-refractivity contribution in [2.75, 3.05) is 64.0 Å². The summed E-state index contributed by atoms with van der Waals surface area (Å²) in [6, 6.07) is 10.4. The van der Waals surface area contributed by atoms with E-state index >= 15 is 8.78 Å². The molecule has 1 fully saturated rings. The molecule has 16 heteroatoms. The Hall–Kier alpha value is -5.41. The van der Waals surface area contributed by atoms with Crippen molar-refractivity contribution >= 4 is 46.6 Å². The molecule has 0 aliphatic carbocycles. The Morgan fingerprint density at radius 2 is 1.59 bits per heavy atom. The SMILES string of the molecule is CCC(CCN(C)C)C(=O)N1CCN(C(=O)c2ccc(NC(=O)c3ncc(-c4ccc(-c5ccc(NCCC(N)=O)cn5)c(F)c4F)n3C)cc2Cl)CC1. The quantitative estimate of drug-likeness (QED) is 0.164. The maximum absolute atomic E-state index is 15.5. The monoisotopic (exact) mass is 763 g/mol. The Morgan fingerprint density at radius 3 is 2.22 bits per heavy atom. The van der Waals surface area contributed by atoms with Crippen molar-refractivity contribution in [2.45, 2.75) is 26.2 Å². The smallest absolute Gasteiger partial charge is 0.291 e. The third-order valence-electron chi connectivity index (χ3n) is 9.39. The van der Waals surface area contributed by atoms with Gasteiger partial charge in [0.1, 0.15) is 0 Å². The summed E-state index contributed by atoms with van der Waals surface area (Å²) in [5.41, 5.74) is 6.46. The Morgan fingerprint density at radius 1 is 0.926 bits per heavy atom. The van der Waals surface area contributed by atoms with Crippen LogP contribution in [-0.4, -0.2) is 106 Å². The number of hydrogen-bond donors (Lipinski definition) is 3. The molecule has 3 heterocycles. The van der Waals surface area contributed by atoms with Gasteiger partial charge in [-0.2, -0.15) is 0 Å². The second kappa shape index (κ2) is 17.6. The first kappa shape index (κ1) is 39.8. The highest BCUT2D eigenvalue weighted by Crippen LogP contribution is 2.32. The first-order valence-electron chi connectivity index (χ1n) is 17.6. The zero-order valence-corrected chi connectivity index (χ0v) is 31.4. The van der Waals surface area contributed by atoms with Crippen molar-refractivity contribution in [3.8, 4) is 22.5 Å². The number of imidazole rings is 1. The molecule has 0 spiro atoms. The van der Waals surface area contributed by atoms with E-state index in [0.717, 1.165) is 19.4 Å². The molecule has 5 rings (SSSR count). The van der Waals surface area contributed by atoms with Gasteiger partial charge >= 0.3 is 0 Å². The topological polar surface area (TPSA) is 159 Å². The van der Waals surface area contributed by atoms with Crippen LogP contribution < -0.4 is 16.4 Å². The summed E-state index contributed by atoms with van der Waals surface area (Å²) in [4.78, 5) is 64.6. The van der Waals surface area contributed by atoms with Gasteiger partial charge in [0.15, 0.2) is 17.5 Å². The molecule has 286 valence electrons. The average molecular weight is 764 g/mol. The first-order valence-corrected chi connectivity index (χ1v) is 18.0. The number of nitrogens with one attached hydrogen (secondary N) is 2. The summed E-state index contributed by atoms with van der Waals surface area (Å²) in [6.07, 6.45) is 4.38. The molecule has 1 unspecified atom stereocenters. The van der Waals surface area contributed by atoms with Gasteiger partial charge in [-0.1, -0.05) is 18.5 Å². The number of benzene rings is 2. The largest absolute Gasteiger partial charge is 0.383 e. The van der Waals surface area contributed by atoms with E-state index in [1.807, 2.05) is 25.9 Å². The molecule has 4 N–H and O–H groups in total. The van der Waals surface area contributed by atoms with Crippen molar-refractivity contribution in [3.63, 3.8) is 0 Å². The highest BCUT2D eigenvalue weighted by Gasteiger charge is 2.29. The zero-order chi connectivity index (χ0) is 39.1.